The van der Waals surface area contributed by atoms with Gasteiger partial charge in [0.2, 0.25) is 9.63 Å². The van der Waals surface area contributed by atoms with Gasteiger partial charge in [0.25, 0.3) is 5.91 Å². The molecule has 1 saturated heterocycles. The Morgan fingerprint density at radius 3 is 1.89 bits per heavy atom. The molecule has 0 radical (unpaired) electrons. The number of hydrogen-bond acceptors (Lipinski definition) is 4. The molecular weight excluding hydrogens is 709 g/mol. The summed E-state index contributed by atoms with van der Waals surface area (Å²) in [5.41, 5.74) is 0.966. The highest BCUT2D eigenvalue weighted by atomic mass is 79.9. The Labute approximate surface area is 255 Å². The first-order chi connectivity index (χ1) is 17.9. The van der Waals surface area contributed by atoms with Crippen molar-refractivity contribution in [3.05, 3.63) is 87.6 Å². The highest BCUT2D eigenvalue weighted by Gasteiger charge is 2.47. The topological polar surface area (TPSA) is 56.2 Å². The second kappa shape index (κ2) is 11.7. The Morgan fingerprint density at radius 1 is 0.895 bits per heavy atom. The van der Waals surface area contributed by atoms with Gasteiger partial charge in [0.15, 0.2) is 0 Å². The number of para-hydroxylation sites is 3. The molecule has 2 atom stereocenters. The number of amidine groups is 1. The predicted octanol–water partition coefficient (Wildman–Crippen LogP) is 8.29. The molecular formula is C25H17Br2Cl4FN4O2. The number of hydrogen-bond donors (Lipinski definition) is 0. The van der Waals surface area contributed by atoms with Gasteiger partial charge in [-0.1, -0.05) is 71.2 Å². The van der Waals surface area contributed by atoms with Crippen molar-refractivity contribution < 1.29 is 14.0 Å². The van der Waals surface area contributed by atoms with Crippen LogP contribution >= 0.6 is 78.3 Å². The zero-order valence-corrected chi connectivity index (χ0v) is 25.5. The highest BCUT2D eigenvalue weighted by Crippen LogP contribution is 2.44. The number of alkyl halides is 4. The zero-order valence-electron chi connectivity index (χ0n) is 19.3. The molecule has 0 aliphatic carbocycles. The average molecular weight is 726 g/mol. The fraction of sp³-hybridized carbons (Fsp3) is 0.160. The monoisotopic (exact) mass is 722 g/mol. The molecule has 0 bridgehead atoms. The fourth-order valence-corrected chi connectivity index (χ4v) is 5.25. The molecule has 1 fully saturated rings. The summed E-state index contributed by atoms with van der Waals surface area (Å²) in [7, 11) is 1.27. The SMILES string of the molecule is CN1C(=O)/C(=N\C(C(Cl)C(Cl)(Cl)Cl)N(c2ccccc2Br)c2ccccc2Br)N(c2ccccc2F)C1=O. The minimum absolute atomic E-state index is 0.166. The molecule has 3 aromatic carbocycles. The summed E-state index contributed by atoms with van der Waals surface area (Å²) in [5, 5.41) is -1.37. The third-order valence-electron chi connectivity index (χ3n) is 5.60. The van der Waals surface area contributed by atoms with Crippen LogP contribution in [0.1, 0.15) is 0 Å². The number of aliphatic imine (C=N–C) groups is 1. The lowest BCUT2D eigenvalue weighted by Crippen LogP contribution is -2.45. The number of amides is 3. The number of anilines is 3. The van der Waals surface area contributed by atoms with E-state index in [-0.39, 0.29) is 5.69 Å². The molecule has 1 aliphatic rings. The number of carbonyl (C=O) groups is 2. The molecule has 3 aromatic rings. The lowest BCUT2D eigenvalue weighted by atomic mass is 10.2. The lowest BCUT2D eigenvalue weighted by molar-refractivity contribution is -0.119. The molecule has 0 spiro atoms. The van der Waals surface area contributed by atoms with Crippen LogP contribution in [0, 0.1) is 5.82 Å². The van der Waals surface area contributed by atoms with Crippen LogP contribution in [-0.2, 0) is 4.79 Å². The molecule has 4 rings (SSSR count). The third-order valence-corrected chi connectivity index (χ3v) is 8.53. The second-order valence-corrected chi connectivity index (χ2v) is 12.6. The van der Waals surface area contributed by atoms with Crippen molar-refractivity contribution in [3.8, 4) is 0 Å². The largest absolute Gasteiger partial charge is 0.337 e. The van der Waals surface area contributed by atoms with Gasteiger partial charge < -0.3 is 4.90 Å². The van der Waals surface area contributed by atoms with E-state index in [2.05, 4.69) is 36.9 Å². The summed E-state index contributed by atoms with van der Waals surface area (Å²) in [4.78, 5) is 34.4. The van der Waals surface area contributed by atoms with Gasteiger partial charge in [0.1, 0.15) is 17.4 Å². The number of nitrogens with zero attached hydrogens (tertiary/aromatic N) is 4. The van der Waals surface area contributed by atoms with Gasteiger partial charge in [0.05, 0.1) is 17.1 Å². The molecule has 0 N–H and O–H groups in total. The number of likely N-dealkylation sites (N-methyl/N-ethyl adjacent to an activating group) is 1. The Kier molecular flexibility index (Phi) is 8.96. The van der Waals surface area contributed by atoms with Crippen LogP contribution in [0.3, 0.4) is 0 Å². The molecule has 3 amide bonds. The number of carbonyl (C=O) groups excluding carboxylic acids is 2. The molecule has 38 heavy (non-hydrogen) atoms. The van der Waals surface area contributed by atoms with E-state index in [4.69, 9.17) is 46.4 Å². The molecule has 0 aromatic heterocycles. The summed E-state index contributed by atoms with van der Waals surface area (Å²) in [6.07, 6.45) is -1.28. The van der Waals surface area contributed by atoms with Crippen molar-refractivity contribution >= 4 is 113 Å². The smallest absolute Gasteiger partial charge is 0.315 e. The minimum atomic E-state index is -2.07. The van der Waals surface area contributed by atoms with E-state index in [1.807, 2.05) is 12.1 Å². The standard InChI is InChI=1S/C25H17Br2Cl4FN4O2/c1-34-23(37)22(36(24(34)38)19-13-7-4-10-16(19)32)33-21(20(28)25(29,30)31)35(17-11-5-2-8-14(17)26)18-12-6-3-9-15(18)27/h2-13,20-21H,1H3/b33-22+. The van der Waals surface area contributed by atoms with Gasteiger partial charge in [-0.25, -0.2) is 19.1 Å². The van der Waals surface area contributed by atoms with Crippen LogP contribution in [0.2, 0.25) is 0 Å². The molecule has 6 nitrogen and oxygen atoms in total. The Balaban J connectivity index is 2.01. The highest BCUT2D eigenvalue weighted by molar-refractivity contribution is 9.11. The normalized spacial score (nSPS) is 16.8. The number of halogens is 7. The van der Waals surface area contributed by atoms with Crippen LogP contribution in [0.4, 0.5) is 26.2 Å². The van der Waals surface area contributed by atoms with Gasteiger partial charge in [-0.15, -0.1) is 11.6 Å². The van der Waals surface area contributed by atoms with Gasteiger partial charge in [-0.3, -0.25) is 9.69 Å². The first-order valence-electron chi connectivity index (χ1n) is 10.9. The summed E-state index contributed by atoms with van der Waals surface area (Å²) >= 11 is 32.7. The third kappa shape index (κ3) is 5.69. The van der Waals surface area contributed by atoms with E-state index >= 15 is 0 Å². The Hall–Kier alpha value is -1.88. The fourth-order valence-electron chi connectivity index (χ4n) is 3.79. The summed E-state index contributed by atoms with van der Waals surface area (Å²) in [5.74, 6) is -1.90. The number of benzene rings is 3. The van der Waals surface area contributed by atoms with Crippen LogP contribution in [0.25, 0.3) is 0 Å². The Bertz CT molecular complexity index is 1380. The first kappa shape index (κ1) is 29.1. The number of rotatable bonds is 6. The summed E-state index contributed by atoms with van der Waals surface area (Å²) < 4.78 is 14.0. The van der Waals surface area contributed by atoms with Crippen molar-refractivity contribution in [3.63, 3.8) is 0 Å². The first-order valence-corrected chi connectivity index (χ1v) is 14.0. The molecule has 13 heteroatoms. The van der Waals surface area contributed by atoms with Crippen LogP contribution in [-0.4, -0.2) is 45.1 Å². The second-order valence-electron chi connectivity index (χ2n) is 8.02. The number of urea groups is 1. The van der Waals surface area contributed by atoms with Crippen molar-refractivity contribution in [2.24, 2.45) is 4.99 Å². The van der Waals surface area contributed by atoms with Crippen molar-refractivity contribution in [1.29, 1.82) is 0 Å². The molecule has 0 saturated carbocycles. The quantitative estimate of drug-likeness (QED) is 0.190. The molecule has 1 heterocycles. The molecule has 1 aliphatic heterocycles. The number of imide groups is 1. The zero-order chi connectivity index (χ0) is 27.8. The van der Waals surface area contributed by atoms with Crippen molar-refractivity contribution in [2.75, 3.05) is 16.8 Å². The maximum atomic E-state index is 14.8. The van der Waals surface area contributed by atoms with Gasteiger partial charge in [0, 0.05) is 16.0 Å². The van der Waals surface area contributed by atoms with E-state index in [0.29, 0.717) is 20.3 Å². The molecule has 198 valence electrons. The minimum Gasteiger partial charge on any atom is -0.315 e. The maximum Gasteiger partial charge on any atom is 0.337 e. The van der Waals surface area contributed by atoms with Gasteiger partial charge >= 0.3 is 6.03 Å². The predicted molar refractivity (Wildman–Crippen MR) is 159 cm³/mol. The van der Waals surface area contributed by atoms with E-state index in [0.717, 1.165) is 9.80 Å². The van der Waals surface area contributed by atoms with Gasteiger partial charge in [-0.2, -0.15) is 0 Å². The molecule has 2 unspecified atom stereocenters. The van der Waals surface area contributed by atoms with Crippen molar-refractivity contribution in [1.82, 2.24) is 4.90 Å². The average Bonchev–Trinajstić information content (AvgIpc) is 3.08. The van der Waals surface area contributed by atoms with Crippen LogP contribution in [0.15, 0.2) is 86.7 Å². The van der Waals surface area contributed by atoms with Crippen LogP contribution in [0.5, 0.6) is 0 Å². The van der Waals surface area contributed by atoms with E-state index in [1.165, 1.54) is 31.3 Å². The summed E-state index contributed by atoms with van der Waals surface area (Å²) in [6, 6.07) is 19.1. The van der Waals surface area contributed by atoms with Crippen molar-refractivity contribution in [2.45, 2.75) is 15.3 Å². The van der Waals surface area contributed by atoms with E-state index < -0.39 is 38.9 Å². The maximum absolute atomic E-state index is 14.8. The summed E-state index contributed by atoms with van der Waals surface area (Å²) in [6.45, 7) is 0. The van der Waals surface area contributed by atoms with Crippen LogP contribution < -0.4 is 9.80 Å². The van der Waals surface area contributed by atoms with E-state index in [1.54, 1.807) is 41.3 Å². The van der Waals surface area contributed by atoms with Gasteiger partial charge in [-0.05, 0) is 68.3 Å². The lowest BCUT2D eigenvalue weighted by Gasteiger charge is -2.37. The Morgan fingerprint density at radius 2 is 1.39 bits per heavy atom. The van der Waals surface area contributed by atoms with E-state index in [9.17, 15) is 14.0 Å².